The van der Waals surface area contributed by atoms with Crippen molar-refractivity contribution >= 4 is 15.5 Å². The molecule has 0 aromatic heterocycles. The molecule has 18 heavy (non-hydrogen) atoms. The maximum absolute atomic E-state index is 13.1. The molecule has 0 heterocycles. The summed E-state index contributed by atoms with van der Waals surface area (Å²) in [7, 11) is -3.06. The molecule has 1 unspecified atom stereocenters. The second-order valence-corrected chi connectivity index (χ2v) is 6.45. The molecular weight excluding hydrogens is 255 g/mol. The molecule has 0 bridgehead atoms. The predicted molar refractivity (Wildman–Crippen MR) is 68.5 cm³/mol. The second kappa shape index (κ2) is 5.83. The Hall–Kier alpha value is -1.61. The Morgan fingerprint density at radius 3 is 2.72 bits per heavy atom. The average Bonchev–Trinajstić information content (AvgIpc) is 2.31. The van der Waals surface area contributed by atoms with Crippen molar-refractivity contribution in [2.75, 3.05) is 16.8 Å². The Morgan fingerprint density at radius 1 is 1.50 bits per heavy atom. The first-order chi connectivity index (χ1) is 8.38. The molecule has 0 fully saturated rings. The highest BCUT2D eigenvalue weighted by molar-refractivity contribution is 7.91. The molecule has 4 nitrogen and oxygen atoms in total. The van der Waals surface area contributed by atoms with E-state index in [-0.39, 0.29) is 23.1 Å². The van der Waals surface area contributed by atoms with E-state index in [1.165, 1.54) is 18.2 Å². The minimum atomic E-state index is -3.06. The number of anilines is 1. The van der Waals surface area contributed by atoms with E-state index in [0.717, 1.165) is 0 Å². The molecule has 1 atom stereocenters. The fourth-order valence-corrected chi connectivity index (χ4v) is 2.61. The molecule has 1 rings (SSSR count). The SMILES string of the molecule is CCS(=O)(=O)CC(C)Nc1ccc(F)c(C#N)c1. The van der Waals surface area contributed by atoms with Gasteiger partial charge in [0.2, 0.25) is 0 Å². The summed E-state index contributed by atoms with van der Waals surface area (Å²) in [5, 5.41) is 11.6. The molecule has 0 saturated carbocycles. The van der Waals surface area contributed by atoms with Crippen LogP contribution in [0.4, 0.5) is 10.1 Å². The summed E-state index contributed by atoms with van der Waals surface area (Å²) in [6.45, 7) is 3.32. The van der Waals surface area contributed by atoms with Crippen LogP contribution in [-0.4, -0.2) is 26.0 Å². The van der Waals surface area contributed by atoms with Gasteiger partial charge in [-0.2, -0.15) is 5.26 Å². The average molecular weight is 270 g/mol. The molecule has 0 amide bonds. The van der Waals surface area contributed by atoms with Gasteiger partial charge in [-0.25, -0.2) is 12.8 Å². The van der Waals surface area contributed by atoms with Gasteiger partial charge in [-0.05, 0) is 25.1 Å². The number of sulfone groups is 1. The monoisotopic (exact) mass is 270 g/mol. The summed E-state index contributed by atoms with van der Waals surface area (Å²) in [6.07, 6.45) is 0. The van der Waals surface area contributed by atoms with Crippen molar-refractivity contribution < 1.29 is 12.8 Å². The Kier molecular flexibility index (Phi) is 4.68. The number of nitrogens with one attached hydrogen (secondary N) is 1. The number of rotatable bonds is 5. The largest absolute Gasteiger partial charge is 0.382 e. The van der Waals surface area contributed by atoms with Crippen molar-refractivity contribution in [3.05, 3.63) is 29.6 Å². The summed E-state index contributed by atoms with van der Waals surface area (Å²) in [6, 6.07) is 5.46. The van der Waals surface area contributed by atoms with Crippen molar-refractivity contribution in [1.82, 2.24) is 0 Å². The van der Waals surface area contributed by atoms with E-state index in [9.17, 15) is 12.8 Å². The van der Waals surface area contributed by atoms with Crippen molar-refractivity contribution in [2.45, 2.75) is 19.9 Å². The summed E-state index contributed by atoms with van der Waals surface area (Å²) < 4.78 is 35.9. The number of halogens is 1. The van der Waals surface area contributed by atoms with Crippen LogP contribution in [0.5, 0.6) is 0 Å². The smallest absolute Gasteiger partial charge is 0.152 e. The van der Waals surface area contributed by atoms with E-state index in [0.29, 0.717) is 5.69 Å². The maximum atomic E-state index is 13.1. The summed E-state index contributed by atoms with van der Waals surface area (Å²) >= 11 is 0. The molecule has 0 aliphatic rings. The Labute approximate surface area is 106 Å². The van der Waals surface area contributed by atoms with Crippen LogP contribution in [-0.2, 0) is 9.84 Å². The lowest BCUT2D eigenvalue weighted by atomic mass is 10.2. The van der Waals surface area contributed by atoms with Gasteiger partial charge in [0.05, 0.1) is 11.3 Å². The lowest BCUT2D eigenvalue weighted by Gasteiger charge is -2.15. The fourth-order valence-electron chi connectivity index (χ4n) is 1.53. The van der Waals surface area contributed by atoms with Gasteiger partial charge in [0.1, 0.15) is 11.9 Å². The molecule has 98 valence electrons. The van der Waals surface area contributed by atoms with Crippen molar-refractivity contribution in [3.63, 3.8) is 0 Å². The zero-order valence-electron chi connectivity index (χ0n) is 10.3. The lowest BCUT2D eigenvalue weighted by molar-refractivity contribution is 0.593. The van der Waals surface area contributed by atoms with Gasteiger partial charge in [-0.15, -0.1) is 0 Å². The maximum Gasteiger partial charge on any atom is 0.152 e. The third kappa shape index (κ3) is 4.00. The van der Waals surface area contributed by atoms with E-state index in [1.54, 1.807) is 19.9 Å². The van der Waals surface area contributed by atoms with Crippen molar-refractivity contribution in [1.29, 1.82) is 5.26 Å². The standard InChI is InChI=1S/C12H15FN2O2S/c1-3-18(16,17)8-9(2)15-11-4-5-12(13)10(6-11)7-14/h4-6,9,15H,3,8H2,1-2H3. The molecule has 0 spiro atoms. The third-order valence-corrected chi connectivity index (χ3v) is 4.33. The first-order valence-electron chi connectivity index (χ1n) is 5.54. The highest BCUT2D eigenvalue weighted by Crippen LogP contribution is 2.15. The van der Waals surface area contributed by atoms with E-state index >= 15 is 0 Å². The van der Waals surface area contributed by atoms with Crippen LogP contribution in [0.15, 0.2) is 18.2 Å². The quantitative estimate of drug-likeness (QED) is 0.887. The number of nitriles is 1. The van der Waals surface area contributed by atoms with Crippen molar-refractivity contribution in [3.8, 4) is 6.07 Å². The highest BCUT2D eigenvalue weighted by Gasteiger charge is 2.14. The molecule has 0 aliphatic carbocycles. The number of hydrogen-bond donors (Lipinski definition) is 1. The van der Waals surface area contributed by atoms with Crippen LogP contribution >= 0.6 is 0 Å². The van der Waals surface area contributed by atoms with Gasteiger partial charge in [0.15, 0.2) is 9.84 Å². The van der Waals surface area contributed by atoms with E-state index in [1.807, 2.05) is 0 Å². The molecular formula is C12H15FN2O2S. The third-order valence-electron chi connectivity index (χ3n) is 2.44. The normalized spacial score (nSPS) is 12.8. The molecule has 1 aromatic rings. The first-order valence-corrected chi connectivity index (χ1v) is 7.36. The lowest BCUT2D eigenvalue weighted by Crippen LogP contribution is -2.26. The second-order valence-electron chi connectivity index (χ2n) is 4.05. The Morgan fingerprint density at radius 2 is 2.17 bits per heavy atom. The van der Waals surface area contributed by atoms with E-state index in [4.69, 9.17) is 5.26 Å². The van der Waals surface area contributed by atoms with Crippen LogP contribution in [0.1, 0.15) is 19.4 Å². The molecule has 0 aliphatic heterocycles. The van der Waals surface area contributed by atoms with Gasteiger partial charge in [0.25, 0.3) is 0 Å². The Bertz CT molecular complexity index is 564. The summed E-state index contributed by atoms with van der Waals surface area (Å²) in [5.74, 6) is -0.494. The first kappa shape index (κ1) is 14.5. The summed E-state index contributed by atoms with van der Waals surface area (Å²) in [5.41, 5.74) is 0.470. The van der Waals surface area contributed by atoms with E-state index in [2.05, 4.69) is 5.32 Å². The number of benzene rings is 1. The molecule has 1 aromatic carbocycles. The minimum Gasteiger partial charge on any atom is -0.382 e. The number of nitrogens with zero attached hydrogens (tertiary/aromatic N) is 1. The van der Waals surface area contributed by atoms with Crippen LogP contribution in [0, 0.1) is 17.1 Å². The van der Waals surface area contributed by atoms with Gasteiger partial charge in [0, 0.05) is 17.5 Å². The molecule has 0 saturated heterocycles. The molecule has 0 radical (unpaired) electrons. The van der Waals surface area contributed by atoms with Crippen LogP contribution in [0.3, 0.4) is 0 Å². The highest BCUT2D eigenvalue weighted by atomic mass is 32.2. The van der Waals surface area contributed by atoms with Gasteiger partial charge >= 0.3 is 0 Å². The van der Waals surface area contributed by atoms with Crippen LogP contribution in [0.25, 0.3) is 0 Å². The summed E-state index contributed by atoms with van der Waals surface area (Å²) in [4.78, 5) is 0. The molecule has 1 N–H and O–H groups in total. The zero-order valence-corrected chi connectivity index (χ0v) is 11.1. The topological polar surface area (TPSA) is 70.0 Å². The fraction of sp³-hybridized carbons (Fsp3) is 0.417. The van der Waals surface area contributed by atoms with E-state index < -0.39 is 15.7 Å². The Balaban J connectivity index is 2.77. The predicted octanol–water partition coefficient (Wildman–Crippen LogP) is 1.93. The van der Waals surface area contributed by atoms with Gasteiger partial charge < -0.3 is 5.32 Å². The van der Waals surface area contributed by atoms with Crippen LogP contribution < -0.4 is 5.32 Å². The van der Waals surface area contributed by atoms with Crippen LogP contribution in [0.2, 0.25) is 0 Å². The van der Waals surface area contributed by atoms with Gasteiger partial charge in [-0.1, -0.05) is 6.92 Å². The van der Waals surface area contributed by atoms with Crippen molar-refractivity contribution in [2.24, 2.45) is 0 Å². The molecule has 6 heteroatoms. The van der Waals surface area contributed by atoms with Gasteiger partial charge in [-0.3, -0.25) is 0 Å². The minimum absolute atomic E-state index is 0.00274. The number of hydrogen-bond acceptors (Lipinski definition) is 4. The zero-order chi connectivity index (χ0) is 13.8.